The number of ether oxygens (including phenoxy) is 1. The predicted octanol–water partition coefficient (Wildman–Crippen LogP) is 2.58. The summed E-state index contributed by atoms with van der Waals surface area (Å²) >= 11 is 0. The largest absolute Gasteiger partial charge is 0.380 e. The molecule has 3 heteroatoms. The van der Waals surface area contributed by atoms with Gasteiger partial charge in [0, 0.05) is 43.3 Å². The Hall–Kier alpha value is -1.32. The average Bonchev–Trinajstić information content (AvgIpc) is 2.71. The maximum absolute atomic E-state index is 5.29. The van der Waals surface area contributed by atoms with E-state index in [1.165, 1.54) is 16.5 Å². The maximum atomic E-state index is 5.29. The van der Waals surface area contributed by atoms with Gasteiger partial charge in [0.25, 0.3) is 0 Å². The van der Waals surface area contributed by atoms with E-state index in [2.05, 4.69) is 47.3 Å². The van der Waals surface area contributed by atoms with Crippen molar-refractivity contribution in [2.45, 2.75) is 20.4 Å². The van der Waals surface area contributed by atoms with E-state index in [0.717, 1.165) is 32.8 Å². The second kappa shape index (κ2) is 6.57. The number of hydrogen-bond acceptors (Lipinski definition) is 2. The van der Waals surface area contributed by atoms with Crippen molar-refractivity contribution in [1.82, 2.24) is 9.88 Å². The van der Waals surface area contributed by atoms with Crippen LogP contribution >= 0.6 is 0 Å². The summed E-state index contributed by atoms with van der Waals surface area (Å²) in [4.78, 5) is 0. The number of aryl methyl sites for hydroxylation is 1. The molecule has 0 saturated carbocycles. The first-order valence-corrected chi connectivity index (χ1v) is 6.66. The zero-order valence-corrected chi connectivity index (χ0v) is 11.3. The molecule has 3 nitrogen and oxygen atoms in total. The molecule has 0 unspecified atom stereocenters. The van der Waals surface area contributed by atoms with Crippen LogP contribution in [0.25, 0.3) is 10.9 Å². The summed E-state index contributed by atoms with van der Waals surface area (Å²) in [6.07, 6.45) is 2.23. The van der Waals surface area contributed by atoms with E-state index in [4.69, 9.17) is 4.74 Å². The highest BCUT2D eigenvalue weighted by atomic mass is 16.5. The molecular weight excluding hydrogens is 224 g/mol. The number of benzene rings is 1. The van der Waals surface area contributed by atoms with E-state index in [9.17, 15) is 0 Å². The lowest BCUT2D eigenvalue weighted by Gasteiger charge is -2.07. The van der Waals surface area contributed by atoms with Gasteiger partial charge in [0.1, 0.15) is 0 Å². The van der Waals surface area contributed by atoms with Gasteiger partial charge in [-0.25, -0.2) is 0 Å². The van der Waals surface area contributed by atoms with E-state index >= 15 is 0 Å². The van der Waals surface area contributed by atoms with Gasteiger partial charge in [-0.2, -0.15) is 0 Å². The number of fused-ring (bicyclic) bond motifs is 1. The summed E-state index contributed by atoms with van der Waals surface area (Å²) in [5, 5.41) is 4.75. The Morgan fingerprint density at radius 2 is 2.06 bits per heavy atom. The average molecular weight is 246 g/mol. The molecule has 1 aromatic carbocycles. The Balaban J connectivity index is 1.88. The third-order valence-electron chi connectivity index (χ3n) is 3.14. The molecule has 0 atom stereocenters. The molecule has 1 heterocycles. The zero-order valence-electron chi connectivity index (χ0n) is 11.3. The predicted molar refractivity (Wildman–Crippen MR) is 76.0 cm³/mol. The first-order valence-electron chi connectivity index (χ1n) is 6.66. The lowest BCUT2D eigenvalue weighted by molar-refractivity contribution is 0.149. The van der Waals surface area contributed by atoms with Crippen LogP contribution in [0.4, 0.5) is 0 Å². The maximum Gasteiger partial charge on any atom is 0.0590 e. The van der Waals surface area contributed by atoms with Crippen LogP contribution in [0.15, 0.2) is 30.5 Å². The minimum atomic E-state index is 0.794. The minimum Gasteiger partial charge on any atom is -0.380 e. The second-order valence-electron chi connectivity index (χ2n) is 4.47. The van der Waals surface area contributed by atoms with E-state index < -0.39 is 0 Å². The Bertz CT molecular complexity index is 490. The van der Waals surface area contributed by atoms with Crippen molar-refractivity contribution >= 4 is 10.9 Å². The Morgan fingerprint density at radius 1 is 1.22 bits per heavy atom. The van der Waals surface area contributed by atoms with Gasteiger partial charge in [-0.3, -0.25) is 0 Å². The van der Waals surface area contributed by atoms with E-state index in [1.54, 1.807) is 0 Å². The molecule has 0 bridgehead atoms. The second-order valence-corrected chi connectivity index (χ2v) is 4.47. The highest BCUT2D eigenvalue weighted by molar-refractivity contribution is 5.83. The summed E-state index contributed by atoms with van der Waals surface area (Å²) < 4.78 is 7.61. The number of para-hydroxylation sites is 1. The molecule has 2 aromatic rings. The summed E-state index contributed by atoms with van der Waals surface area (Å²) in [6, 6.07) is 8.56. The lowest BCUT2D eigenvalue weighted by atomic mass is 10.2. The molecule has 0 aliphatic carbocycles. The van der Waals surface area contributed by atoms with Gasteiger partial charge in [0.2, 0.25) is 0 Å². The Labute approximate surface area is 109 Å². The summed E-state index contributed by atoms with van der Waals surface area (Å²) in [5.41, 5.74) is 2.67. The normalized spacial score (nSPS) is 11.2. The van der Waals surface area contributed by atoms with Crippen LogP contribution in [-0.2, 0) is 11.3 Å². The van der Waals surface area contributed by atoms with Crippen LogP contribution in [0.5, 0.6) is 0 Å². The molecule has 0 amide bonds. The molecule has 0 fully saturated rings. The van der Waals surface area contributed by atoms with E-state index in [-0.39, 0.29) is 0 Å². The van der Waals surface area contributed by atoms with Crippen LogP contribution in [0.3, 0.4) is 0 Å². The lowest BCUT2D eigenvalue weighted by Crippen LogP contribution is -2.23. The van der Waals surface area contributed by atoms with Gasteiger partial charge in [-0.05, 0) is 25.5 Å². The molecule has 1 N–H and O–H groups in total. The number of nitrogens with zero attached hydrogens (tertiary/aromatic N) is 1. The minimum absolute atomic E-state index is 0.794. The molecule has 98 valence electrons. The SMILES string of the molecule is CCOCCNCCn1cc(C)c2ccccc21. The van der Waals surface area contributed by atoms with Crippen molar-refractivity contribution in [3.05, 3.63) is 36.0 Å². The van der Waals surface area contributed by atoms with Crippen molar-refractivity contribution in [3.63, 3.8) is 0 Å². The van der Waals surface area contributed by atoms with Crippen LogP contribution in [0, 0.1) is 6.92 Å². The standard InChI is InChI=1S/C15H22N2O/c1-3-18-11-9-16-8-10-17-12-13(2)14-6-4-5-7-15(14)17/h4-7,12,16H,3,8-11H2,1-2H3. The van der Waals surface area contributed by atoms with E-state index in [0.29, 0.717) is 0 Å². The quantitative estimate of drug-likeness (QED) is 0.760. The zero-order chi connectivity index (χ0) is 12.8. The number of rotatable bonds is 7. The van der Waals surface area contributed by atoms with Crippen molar-refractivity contribution in [1.29, 1.82) is 0 Å². The highest BCUT2D eigenvalue weighted by Gasteiger charge is 2.03. The topological polar surface area (TPSA) is 26.2 Å². The van der Waals surface area contributed by atoms with Gasteiger partial charge in [0.15, 0.2) is 0 Å². The van der Waals surface area contributed by atoms with Crippen molar-refractivity contribution in [3.8, 4) is 0 Å². The van der Waals surface area contributed by atoms with Crippen LogP contribution < -0.4 is 5.32 Å². The summed E-state index contributed by atoms with van der Waals surface area (Å²) in [7, 11) is 0. The van der Waals surface area contributed by atoms with Gasteiger partial charge in [-0.15, -0.1) is 0 Å². The van der Waals surface area contributed by atoms with Gasteiger partial charge < -0.3 is 14.6 Å². The number of hydrogen-bond donors (Lipinski definition) is 1. The first kappa shape index (κ1) is 13.1. The van der Waals surface area contributed by atoms with Crippen molar-refractivity contribution < 1.29 is 4.74 Å². The fourth-order valence-electron chi connectivity index (χ4n) is 2.23. The summed E-state index contributed by atoms with van der Waals surface area (Å²) in [5.74, 6) is 0. The Morgan fingerprint density at radius 3 is 2.89 bits per heavy atom. The fourth-order valence-corrected chi connectivity index (χ4v) is 2.23. The van der Waals surface area contributed by atoms with Crippen molar-refractivity contribution in [2.75, 3.05) is 26.3 Å². The first-order chi connectivity index (χ1) is 8.83. The molecule has 18 heavy (non-hydrogen) atoms. The highest BCUT2D eigenvalue weighted by Crippen LogP contribution is 2.19. The molecular formula is C15H22N2O. The third-order valence-corrected chi connectivity index (χ3v) is 3.14. The Kier molecular flexibility index (Phi) is 4.79. The van der Waals surface area contributed by atoms with Crippen LogP contribution in [-0.4, -0.2) is 30.9 Å². The third kappa shape index (κ3) is 3.12. The van der Waals surface area contributed by atoms with Gasteiger partial charge >= 0.3 is 0 Å². The molecule has 0 spiro atoms. The smallest absolute Gasteiger partial charge is 0.0590 e. The molecule has 2 rings (SSSR count). The van der Waals surface area contributed by atoms with Gasteiger partial charge in [-0.1, -0.05) is 18.2 Å². The molecule has 0 aliphatic rings. The van der Waals surface area contributed by atoms with E-state index in [1.807, 2.05) is 6.92 Å². The molecule has 0 saturated heterocycles. The molecule has 1 aromatic heterocycles. The fraction of sp³-hybridized carbons (Fsp3) is 0.467. The number of nitrogens with one attached hydrogen (secondary N) is 1. The summed E-state index contributed by atoms with van der Waals surface area (Å²) in [6.45, 7) is 8.68. The van der Waals surface area contributed by atoms with Crippen molar-refractivity contribution in [2.24, 2.45) is 0 Å². The van der Waals surface area contributed by atoms with Crippen LogP contribution in [0.2, 0.25) is 0 Å². The van der Waals surface area contributed by atoms with Gasteiger partial charge in [0.05, 0.1) is 6.61 Å². The molecule has 0 aliphatic heterocycles. The number of aromatic nitrogens is 1. The van der Waals surface area contributed by atoms with Crippen LogP contribution in [0.1, 0.15) is 12.5 Å². The molecule has 0 radical (unpaired) electrons. The monoisotopic (exact) mass is 246 g/mol.